The van der Waals surface area contributed by atoms with Crippen LogP contribution in [0.1, 0.15) is 33.7 Å². The monoisotopic (exact) mass is 360 g/mol. The van der Waals surface area contributed by atoms with Crippen LogP contribution in [0.4, 0.5) is 5.95 Å². The second-order valence-corrected chi connectivity index (χ2v) is 6.40. The van der Waals surface area contributed by atoms with E-state index in [2.05, 4.69) is 32.7 Å². The van der Waals surface area contributed by atoms with E-state index in [1.807, 2.05) is 55.5 Å². The van der Waals surface area contributed by atoms with Crippen LogP contribution in [-0.4, -0.2) is 22.4 Å². The van der Waals surface area contributed by atoms with Crippen molar-refractivity contribution >= 4 is 11.9 Å². The van der Waals surface area contributed by atoms with Gasteiger partial charge in [-0.2, -0.15) is 0 Å². The third-order valence-electron chi connectivity index (χ3n) is 4.15. The van der Waals surface area contributed by atoms with Gasteiger partial charge in [0.1, 0.15) is 5.69 Å². The lowest BCUT2D eigenvalue weighted by Gasteiger charge is -2.09. The van der Waals surface area contributed by atoms with Crippen LogP contribution >= 0.6 is 0 Å². The number of hydrogen-bond acceptors (Lipinski definition) is 4. The Bertz CT molecular complexity index is 866. The first-order valence-corrected chi connectivity index (χ1v) is 9.16. The van der Waals surface area contributed by atoms with Crippen molar-refractivity contribution in [3.05, 3.63) is 89.2 Å². The Kier molecular flexibility index (Phi) is 6.52. The number of carbonyl (C=O) groups is 1. The molecule has 0 aliphatic carbocycles. The minimum Gasteiger partial charge on any atom is -0.351 e. The smallest absolute Gasteiger partial charge is 0.270 e. The Morgan fingerprint density at radius 2 is 1.59 bits per heavy atom. The summed E-state index contributed by atoms with van der Waals surface area (Å²) in [5, 5.41) is 6.12. The molecule has 0 unspecified atom stereocenters. The number of carbonyl (C=O) groups excluding carboxylic acids is 1. The van der Waals surface area contributed by atoms with Gasteiger partial charge in [-0.1, -0.05) is 60.7 Å². The number of rotatable bonds is 8. The topological polar surface area (TPSA) is 66.9 Å². The molecule has 1 amide bonds. The number of amides is 1. The molecular formula is C22H24N4O. The van der Waals surface area contributed by atoms with Crippen molar-refractivity contribution in [1.82, 2.24) is 15.3 Å². The van der Waals surface area contributed by atoms with Gasteiger partial charge in [-0.05, 0) is 37.0 Å². The second-order valence-electron chi connectivity index (χ2n) is 6.40. The Balaban J connectivity index is 1.52. The Morgan fingerprint density at radius 1 is 0.926 bits per heavy atom. The molecule has 2 aromatic carbocycles. The maximum absolute atomic E-state index is 12.4. The van der Waals surface area contributed by atoms with Crippen LogP contribution in [-0.2, 0) is 13.0 Å². The number of anilines is 1. The summed E-state index contributed by atoms with van der Waals surface area (Å²) in [4.78, 5) is 21.1. The highest BCUT2D eigenvalue weighted by atomic mass is 16.1. The average Bonchev–Trinajstić information content (AvgIpc) is 2.71. The largest absolute Gasteiger partial charge is 0.351 e. The zero-order valence-corrected chi connectivity index (χ0v) is 15.5. The fraction of sp³-hybridized carbons (Fsp3) is 0.227. The molecule has 0 spiro atoms. The minimum atomic E-state index is -0.170. The van der Waals surface area contributed by atoms with E-state index < -0.39 is 0 Å². The molecule has 0 fully saturated rings. The molecule has 5 heteroatoms. The summed E-state index contributed by atoms with van der Waals surface area (Å²) in [6, 6.07) is 22.0. The summed E-state index contributed by atoms with van der Waals surface area (Å²) in [6.07, 6.45) is 1.83. The number of aryl methyl sites for hydroxylation is 2. The Labute approximate surface area is 159 Å². The standard InChI is InChI=1S/C22H24N4O/c1-17-15-20(21(27)23-14-8-13-18-9-4-2-5-10-18)26-22(25-17)24-16-19-11-6-3-7-12-19/h2-7,9-12,15H,8,13-14,16H2,1H3,(H,23,27)(H,24,25,26). The predicted octanol–water partition coefficient (Wildman–Crippen LogP) is 3.76. The van der Waals surface area contributed by atoms with Gasteiger partial charge in [0, 0.05) is 18.8 Å². The first-order valence-electron chi connectivity index (χ1n) is 9.16. The van der Waals surface area contributed by atoms with Crippen molar-refractivity contribution in [3.63, 3.8) is 0 Å². The molecule has 0 saturated heterocycles. The van der Waals surface area contributed by atoms with E-state index >= 15 is 0 Å². The summed E-state index contributed by atoms with van der Waals surface area (Å²) in [5.41, 5.74) is 3.55. The van der Waals surface area contributed by atoms with E-state index in [1.54, 1.807) is 6.07 Å². The molecule has 3 aromatic rings. The molecule has 1 aromatic heterocycles. The van der Waals surface area contributed by atoms with Gasteiger partial charge in [-0.3, -0.25) is 4.79 Å². The van der Waals surface area contributed by atoms with E-state index in [0.717, 1.165) is 24.1 Å². The van der Waals surface area contributed by atoms with Crippen molar-refractivity contribution < 1.29 is 4.79 Å². The second kappa shape index (κ2) is 9.48. The van der Waals surface area contributed by atoms with Gasteiger partial charge in [0.25, 0.3) is 5.91 Å². The summed E-state index contributed by atoms with van der Waals surface area (Å²) < 4.78 is 0. The lowest BCUT2D eigenvalue weighted by molar-refractivity contribution is 0.0948. The molecule has 5 nitrogen and oxygen atoms in total. The van der Waals surface area contributed by atoms with Gasteiger partial charge < -0.3 is 10.6 Å². The molecule has 1 heterocycles. The quantitative estimate of drug-likeness (QED) is 0.600. The number of nitrogens with one attached hydrogen (secondary N) is 2. The molecule has 2 N–H and O–H groups in total. The summed E-state index contributed by atoms with van der Waals surface area (Å²) >= 11 is 0. The van der Waals surface area contributed by atoms with Gasteiger partial charge in [0.15, 0.2) is 0 Å². The normalized spacial score (nSPS) is 10.4. The maximum Gasteiger partial charge on any atom is 0.270 e. The lowest BCUT2D eigenvalue weighted by Crippen LogP contribution is -2.26. The van der Waals surface area contributed by atoms with Gasteiger partial charge in [-0.15, -0.1) is 0 Å². The molecule has 3 rings (SSSR count). The molecule has 0 aliphatic heterocycles. The predicted molar refractivity (Wildman–Crippen MR) is 108 cm³/mol. The number of hydrogen-bond donors (Lipinski definition) is 2. The number of nitrogens with zero attached hydrogens (tertiary/aromatic N) is 2. The van der Waals surface area contributed by atoms with Crippen molar-refractivity contribution in [1.29, 1.82) is 0 Å². The molecule has 0 saturated carbocycles. The van der Waals surface area contributed by atoms with Crippen LogP contribution < -0.4 is 10.6 Å². The van der Waals surface area contributed by atoms with E-state index in [1.165, 1.54) is 5.56 Å². The highest BCUT2D eigenvalue weighted by Crippen LogP contribution is 2.08. The number of benzene rings is 2. The van der Waals surface area contributed by atoms with Crippen molar-refractivity contribution in [2.24, 2.45) is 0 Å². The zero-order chi connectivity index (χ0) is 18.9. The Hall–Kier alpha value is -3.21. The molecular weight excluding hydrogens is 336 g/mol. The van der Waals surface area contributed by atoms with Crippen LogP contribution in [0.25, 0.3) is 0 Å². The molecule has 138 valence electrons. The Morgan fingerprint density at radius 3 is 2.30 bits per heavy atom. The summed E-state index contributed by atoms with van der Waals surface area (Å²) in [7, 11) is 0. The van der Waals surface area contributed by atoms with Crippen molar-refractivity contribution in [2.45, 2.75) is 26.3 Å². The fourth-order valence-corrected chi connectivity index (χ4v) is 2.77. The number of aromatic nitrogens is 2. The SMILES string of the molecule is Cc1cc(C(=O)NCCCc2ccccc2)nc(NCc2ccccc2)n1. The molecule has 0 aliphatic rings. The van der Waals surface area contributed by atoms with E-state index in [0.29, 0.717) is 24.7 Å². The molecule has 27 heavy (non-hydrogen) atoms. The van der Waals surface area contributed by atoms with Gasteiger partial charge in [-0.25, -0.2) is 9.97 Å². The first kappa shape index (κ1) is 18.6. The molecule has 0 bridgehead atoms. The summed E-state index contributed by atoms with van der Waals surface area (Å²) in [5.74, 6) is 0.296. The zero-order valence-electron chi connectivity index (χ0n) is 15.5. The van der Waals surface area contributed by atoms with Crippen LogP contribution in [0.15, 0.2) is 66.7 Å². The average molecular weight is 360 g/mol. The minimum absolute atomic E-state index is 0.170. The van der Waals surface area contributed by atoms with Crippen molar-refractivity contribution in [2.75, 3.05) is 11.9 Å². The van der Waals surface area contributed by atoms with E-state index in [4.69, 9.17) is 0 Å². The highest BCUT2D eigenvalue weighted by Gasteiger charge is 2.10. The highest BCUT2D eigenvalue weighted by molar-refractivity contribution is 5.92. The lowest BCUT2D eigenvalue weighted by atomic mass is 10.1. The summed E-state index contributed by atoms with van der Waals surface area (Å²) in [6.45, 7) is 3.09. The first-order chi connectivity index (χ1) is 13.2. The van der Waals surface area contributed by atoms with Crippen molar-refractivity contribution in [3.8, 4) is 0 Å². The van der Waals surface area contributed by atoms with Crippen LogP contribution in [0.3, 0.4) is 0 Å². The van der Waals surface area contributed by atoms with Gasteiger partial charge >= 0.3 is 0 Å². The fourth-order valence-electron chi connectivity index (χ4n) is 2.77. The third-order valence-corrected chi connectivity index (χ3v) is 4.15. The molecule has 0 atom stereocenters. The van der Waals surface area contributed by atoms with Crippen LogP contribution in [0.5, 0.6) is 0 Å². The van der Waals surface area contributed by atoms with Crippen LogP contribution in [0, 0.1) is 6.92 Å². The van der Waals surface area contributed by atoms with Gasteiger partial charge in [0.05, 0.1) is 0 Å². The van der Waals surface area contributed by atoms with Crippen LogP contribution in [0.2, 0.25) is 0 Å². The third kappa shape index (κ3) is 5.92. The van der Waals surface area contributed by atoms with Gasteiger partial charge in [0.2, 0.25) is 5.95 Å². The molecule has 0 radical (unpaired) electrons. The maximum atomic E-state index is 12.4. The van der Waals surface area contributed by atoms with E-state index in [-0.39, 0.29) is 5.91 Å². The van der Waals surface area contributed by atoms with E-state index in [9.17, 15) is 4.79 Å².